The molecule has 21 heavy (non-hydrogen) atoms. The Hall–Kier alpha value is -1.03. The van der Waals surface area contributed by atoms with E-state index in [-0.39, 0.29) is 0 Å². The summed E-state index contributed by atoms with van der Waals surface area (Å²) in [6.07, 6.45) is 22.2. The zero-order valence-corrected chi connectivity index (χ0v) is 13.6. The van der Waals surface area contributed by atoms with E-state index >= 15 is 0 Å². The molecule has 2 aliphatic carbocycles. The van der Waals surface area contributed by atoms with Crippen LogP contribution in [0.4, 0.5) is 0 Å². The third kappa shape index (κ3) is 5.34. The first-order valence-corrected chi connectivity index (χ1v) is 9.06. The number of nitrogens with zero attached hydrogens (tertiary/aromatic N) is 1. The number of hydrogen-bond acceptors (Lipinski definition) is 1. The molecule has 0 unspecified atom stereocenters. The molecule has 0 amide bonds. The van der Waals surface area contributed by atoms with E-state index in [2.05, 4.69) is 19.1 Å². The summed E-state index contributed by atoms with van der Waals surface area (Å²) in [5.41, 5.74) is 0. The molecular formula is C20H31N. The molecule has 0 aromatic carbocycles. The maximum Gasteiger partial charge on any atom is 0.0912 e. The van der Waals surface area contributed by atoms with E-state index < -0.39 is 0 Å². The fourth-order valence-corrected chi connectivity index (χ4v) is 4.49. The van der Waals surface area contributed by atoms with E-state index in [1.165, 1.54) is 64.2 Å². The van der Waals surface area contributed by atoms with Crippen LogP contribution in [-0.4, -0.2) is 0 Å². The van der Waals surface area contributed by atoms with Gasteiger partial charge in [-0.05, 0) is 62.2 Å². The van der Waals surface area contributed by atoms with Gasteiger partial charge in [0.15, 0.2) is 0 Å². The summed E-state index contributed by atoms with van der Waals surface area (Å²) in [6.45, 7) is 2.33. The number of hydrogen-bond donors (Lipinski definition) is 0. The Morgan fingerprint density at radius 2 is 1.52 bits per heavy atom. The molecule has 0 saturated heterocycles. The van der Waals surface area contributed by atoms with Gasteiger partial charge in [-0.25, -0.2) is 0 Å². The van der Waals surface area contributed by atoms with Gasteiger partial charge < -0.3 is 0 Å². The molecule has 2 saturated carbocycles. The Morgan fingerprint density at radius 3 is 2.10 bits per heavy atom. The monoisotopic (exact) mass is 285 g/mol. The van der Waals surface area contributed by atoms with Crippen molar-refractivity contribution in [2.24, 2.45) is 23.7 Å². The molecule has 1 heteroatoms. The molecule has 0 radical (unpaired) electrons. The predicted octanol–water partition coefficient (Wildman–Crippen LogP) is 6.04. The van der Waals surface area contributed by atoms with Gasteiger partial charge in [-0.1, -0.05) is 50.8 Å². The van der Waals surface area contributed by atoms with Crippen molar-refractivity contribution in [3.05, 3.63) is 24.3 Å². The Labute approximate surface area is 131 Å². The Kier molecular flexibility index (Phi) is 7.07. The topological polar surface area (TPSA) is 23.8 Å². The van der Waals surface area contributed by atoms with Crippen LogP contribution in [0.2, 0.25) is 0 Å². The van der Waals surface area contributed by atoms with Crippen LogP contribution in [0.3, 0.4) is 0 Å². The smallest absolute Gasteiger partial charge is 0.0912 e. The zero-order valence-electron chi connectivity index (χ0n) is 13.6. The van der Waals surface area contributed by atoms with E-state index in [9.17, 15) is 0 Å². The normalized spacial score (nSPS) is 34.3. The lowest BCUT2D eigenvalue weighted by atomic mass is 9.69. The van der Waals surface area contributed by atoms with Gasteiger partial charge in [0.05, 0.1) is 6.07 Å². The molecule has 0 aliphatic heterocycles. The fraction of sp³-hybridized carbons (Fsp3) is 0.750. The van der Waals surface area contributed by atoms with Crippen molar-refractivity contribution in [2.75, 3.05) is 0 Å². The van der Waals surface area contributed by atoms with Gasteiger partial charge in [-0.15, -0.1) is 0 Å². The zero-order chi connectivity index (χ0) is 14.9. The molecule has 1 nitrogen and oxygen atoms in total. The molecule has 2 rings (SSSR count). The highest BCUT2D eigenvalue weighted by Crippen LogP contribution is 2.42. The van der Waals surface area contributed by atoms with E-state index in [0.29, 0.717) is 0 Å². The summed E-state index contributed by atoms with van der Waals surface area (Å²) in [5.74, 6) is 3.83. The van der Waals surface area contributed by atoms with Crippen LogP contribution in [0.15, 0.2) is 24.3 Å². The van der Waals surface area contributed by atoms with Crippen LogP contribution in [0.25, 0.3) is 0 Å². The quantitative estimate of drug-likeness (QED) is 0.446. The van der Waals surface area contributed by atoms with Crippen LogP contribution in [0.1, 0.15) is 71.1 Å². The second kappa shape index (κ2) is 9.08. The summed E-state index contributed by atoms with van der Waals surface area (Å²) in [7, 11) is 0. The molecule has 0 spiro atoms. The molecule has 2 fully saturated rings. The van der Waals surface area contributed by atoms with Gasteiger partial charge in [-0.3, -0.25) is 0 Å². The largest absolute Gasteiger partial charge is 0.193 e. The van der Waals surface area contributed by atoms with E-state index in [0.717, 1.165) is 23.7 Å². The molecule has 2 aliphatic rings. The molecule has 0 bridgehead atoms. The van der Waals surface area contributed by atoms with Crippen molar-refractivity contribution in [3.63, 3.8) is 0 Å². The van der Waals surface area contributed by atoms with Crippen molar-refractivity contribution in [1.82, 2.24) is 0 Å². The Balaban J connectivity index is 1.69. The maximum atomic E-state index is 8.46. The lowest BCUT2D eigenvalue weighted by Crippen LogP contribution is -2.25. The summed E-state index contributed by atoms with van der Waals surface area (Å²) < 4.78 is 0. The summed E-state index contributed by atoms with van der Waals surface area (Å²) >= 11 is 0. The molecule has 0 heterocycles. The number of rotatable bonds is 5. The van der Waals surface area contributed by atoms with E-state index in [1.54, 1.807) is 6.08 Å². The molecular weight excluding hydrogens is 254 g/mol. The fourth-order valence-electron chi connectivity index (χ4n) is 4.49. The van der Waals surface area contributed by atoms with Crippen LogP contribution < -0.4 is 0 Å². The molecule has 0 atom stereocenters. The van der Waals surface area contributed by atoms with Crippen molar-refractivity contribution in [1.29, 1.82) is 5.26 Å². The van der Waals surface area contributed by atoms with Crippen LogP contribution >= 0.6 is 0 Å². The summed E-state index contributed by atoms with van der Waals surface area (Å²) in [5, 5.41) is 8.46. The standard InChI is InChI=1S/C20H31N/c1-2-6-17-8-12-19(13-9-17)20-14-10-18(11-15-20)7-4-3-5-16-21/h3-5,7,17-20H,2,6,8-15H2,1H3/t17-,18-,19-,20-. The third-order valence-electron chi connectivity index (χ3n) is 5.74. The van der Waals surface area contributed by atoms with Crippen molar-refractivity contribution < 1.29 is 0 Å². The lowest BCUT2D eigenvalue weighted by Gasteiger charge is -2.37. The number of nitriles is 1. The molecule has 0 aromatic rings. The second-order valence-electron chi connectivity index (χ2n) is 7.12. The minimum Gasteiger partial charge on any atom is -0.193 e. The van der Waals surface area contributed by atoms with Gasteiger partial charge in [0, 0.05) is 6.08 Å². The first-order valence-electron chi connectivity index (χ1n) is 9.06. The van der Waals surface area contributed by atoms with Gasteiger partial charge in [0.1, 0.15) is 0 Å². The van der Waals surface area contributed by atoms with Gasteiger partial charge >= 0.3 is 0 Å². The summed E-state index contributed by atoms with van der Waals surface area (Å²) in [4.78, 5) is 0. The Bertz CT molecular complexity index is 371. The summed E-state index contributed by atoms with van der Waals surface area (Å²) in [6, 6.07) is 2.04. The third-order valence-corrected chi connectivity index (χ3v) is 5.74. The van der Waals surface area contributed by atoms with Crippen LogP contribution in [-0.2, 0) is 0 Å². The SMILES string of the molecule is CCC[C@H]1CC[C@H]([C@H]2CC[C@H](C=CC=CC#N)CC2)CC1. The molecule has 0 aromatic heterocycles. The van der Waals surface area contributed by atoms with Gasteiger partial charge in [0.2, 0.25) is 0 Å². The first-order chi connectivity index (χ1) is 10.3. The minimum atomic E-state index is 0.751. The first kappa shape index (κ1) is 16.3. The van der Waals surface area contributed by atoms with E-state index in [1.807, 2.05) is 12.1 Å². The van der Waals surface area contributed by atoms with Gasteiger partial charge in [0.25, 0.3) is 0 Å². The minimum absolute atomic E-state index is 0.751. The molecule has 0 N–H and O–H groups in total. The van der Waals surface area contributed by atoms with Crippen molar-refractivity contribution in [3.8, 4) is 6.07 Å². The lowest BCUT2D eigenvalue weighted by molar-refractivity contribution is 0.152. The second-order valence-corrected chi connectivity index (χ2v) is 7.12. The van der Waals surface area contributed by atoms with Crippen LogP contribution in [0, 0.1) is 35.0 Å². The van der Waals surface area contributed by atoms with Crippen LogP contribution in [0.5, 0.6) is 0 Å². The highest BCUT2D eigenvalue weighted by atomic mass is 14.3. The Morgan fingerprint density at radius 1 is 0.905 bits per heavy atom. The van der Waals surface area contributed by atoms with Crippen molar-refractivity contribution >= 4 is 0 Å². The molecule has 116 valence electrons. The average molecular weight is 285 g/mol. The predicted molar refractivity (Wildman–Crippen MR) is 89.7 cm³/mol. The van der Waals surface area contributed by atoms with Crippen molar-refractivity contribution in [2.45, 2.75) is 71.1 Å². The van der Waals surface area contributed by atoms with E-state index in [4.69, 9.17) is 5.26 Å². The highest BCUT2D eigenvalue weighted by Gasteiger charge is 2.29. The van der Waals surface area contributed by atoms with Gasteiger partial charge in [-0.2, -0.15) is 5.26 Å². The highest BCUT2D eigenvalue weighted by molar-refractivity contribution is 5.12. The average Bonchev–Trinajstić information content (AvgIpc) is 2.53. The maximum absolute atomic E-state index is 8.46. The number of allylic oxidation sites excluding steroid dienone is 4.